The molecule has 1 saturated heterocycles. The van der Waals surface area contributed by atoms with Crippen molar-refractivity contribution in [1.82, 2.24) is 24.7 Å². The monoisotopic (exact) mass is 340 g/mol. The van der Waals surface area contributed by atoms with Gasteiger partial charge in [0.2, 0.25) is 0 Å². The SMILES string of the molecule is CC(C)c1cn2c(-c3cncc(NC4CC5CNC54)n3)cnc2s1. The van der Waals surface area contributed by atoms with Gasteiger partial charge in [0.1, 0.15) is 11.5 Å². The second-order valence-electron chi connectivity index (χ2n) is 7.05. The lowest BCUT2D eigenvalue weighted by molar-refractivity contribution is 0.0910. The fourth-order valence-corrected chi connectivity index (χ4v) is 4.51. The molecule has 0 bridgehead atoms. The van der Waals surface area contributed by atoms with Crippen molar-refractivity contribution in [3.63, 3.8) is 0 Å². The zero-order chi connectivity index (χ0) is 16.3. The quantitative estimate of drug-likeness (QED) is 0.764. The van der Waals surface area contributed by atoms with Crippen molar-refractivity contribution in [2.45, 2.75) is 38.3 Å². The van der Waals surface area contributed by atoms with Crippen LogP contribution in [0.15, 0.2) is 24.8 Å². The molecule has 3 atom stereocenters. The average Bonchev–Trinajstić information content (AvgIpc) is 3.12. The van der Waals surface area contributed by atoms with Gasteiger partial charge in [-0.3, -0.25) is 9.38 Å². The molecule has 3 aromatic heterocycles. The molecule has 124 valence electrons. The highest BCUT2D eigenvalue weighted by molar-refractivity contribution is 7.17. The van der Waals surface area contributed by atoms with Gasteiger partial charge in [-0.05, 0) is 24.8 Å². The molecule has 0 aromatic carbocycles. The maximum absolute atomic E-state index is 4.77. The van der Waals surface area contributed by atoms with E-state index in [9.17, 15) is 0 Å². The molecule has 3 unspecified atom stereocenters. The minimum Gasteiger partial charge on any atom is -0.364 e. The Balaban J connectivity index is 1.45. The summed E-state index contributed by atoms with van der Waals surface area (Å²) in [6.45, 7) is 5.57. The van der Waals surface area contributed by atoms with Crippen LogP contribution in [0.2, 0.25) is 0 Å². The number of hydrogen-bond donors (Lipinski definition) is 2. The highest BCUT2D eigenvalue weighted by Gasteiger charge is 2.47. The molecule has 0 amide bonds. The molecule has 3 aromatic rings. The Morgan fingerprint density at radius 1 is 1.33 bits per heavy atom. The van der Waals surface area contributed by atoms with Crippen LogP contribution in [0.3, 0.4) is 0 Å². The molecule has 0 radical (unpaired) electrons. The molecule has 7 heteroatoms. The Morgan fingerprint density at radius 2 is 2.25 bits per heavy atom. The smallest absolute Gasteiger partial charge is 0.194 e. The minimum absolute atomic E-state index is 0.479. The highest BCUT2D eigenvalue weighted by atomic mass is 32.1. The predicted molar refractivity (Wildman–Crippen MR) is 95.5 cm³/mol. The summed E-state index contributed by atoms with van der Waals surface area (Å²) < 4.78 is 2.13. The maximum atomic E-state index is 4.77. The number of nitrogens with one attached hydrogen (secondary N) is 2. The summed E-state index contributed by atoms with van der Waals surface area (Å²) in [7, 11) is 0. The van der Waals surface area contributed by atoms with E-state index in [1.807, 2.05) is 12.4 Å². The van der Waals surface area contributed by atoms with Crippen molar-refractivity contribution < 1.29 is 0 Å². The van der Waals surface area contributed by atoms with Crippen LogP contribution in [0.4, 0.5) is 5.82 Å². The topological polar surface area (TPSA) is 67.1 Å². The molecule has 2 fully saturated rings. The van der Waals surface area contributed by atoms with Crippen molar-refractivity contribution in [2.24, 2.45) is 5.92 Å². The van der Waals surface area contributed by atoms with Gasteiger partial charge in [0.15, 0.2) is 4.96 Å². The number of piperidine rings is 1. The Bertz CT molecular complexity index is 898. The Hall–Kier alpha value is -1.99. The van der Waals surface area contributed by atoms with Gasteiger partial charge in [-0.25, -0.2) is 9.97 Å². The number of hydrogen-bond acceptors (Lipinski definition) is 6. The second kappa shape index (κ2) is 5.26. The van der Waals surface area contributed by atoms with Crippen molar-refractivity contribution >= 4 is 22.1 Å². The number of fused-ring (bicyclic) bond motifs is 2. The largest absolute Gasteiger partial charge is 0.364 e. The minimum atomic E-state index is 0.479. The number of anilines is 1. The zero-order valence-corrected chi connectivity index (χ0v) is 14.5. The van der Waals surface area contributed by atoms with Crippen molar-refractivity contribution in [3.8, 4) is 11.4 Å². The molecule has 2 N–H and O–H groups in total. The van der Waals surface area contributed by atoms with Gasteiger partial charge in [-0.15, -0.1) is 11.3 Å². The first kappa shape index (κ1) is 14.4. The molecular formula is C17H20N6S. The third-order valence-electron chi connectivity index (χ3n) is 5.14. The van der Waals surface area contributed by atoms with Gasteiger partial charge in [-0.2, -0.15) is 0 Å². The Labute approximate surface area is 144 Å². The normalized spacial score (nSPS) is 25.4. The van der Waals surface area contributed by atoms with Crippen molar-refractivity contribution in [1.29, 1.82) is 0 Å². The average molecular weight is 340 g/mol. The zero-order valence-electron chi connectivity index (χ0n) is 13.7. The van der Waals surface area contributed by atoms with E-state index in [4.69, 9.17) is 4.98 Å². The summed E-state index contributed by atoms with van der Waals surface area (Å²) in [5.41, 5.74) is 1.86. The number of imidazole rings is 1. The number of aromatic nitrogens is 4. The van der Waals surface area contributed by atoms with Gasteiger partial charge < -0.3 is 10.6 Å². The van der Waals surface area contributed by atoms with E-state index in [2.05, 4.69) is 45.0 Å². The van der Waals surface area contributed by atoms with E-state index in [0.717, 1.165) is 28.1 Å². The highest BCUT2D eigenvalue weighted by Crippen LogP contribution is 2.36. The molecule has 4 heterocycles. The standard InChI is InChI=1S/C17H20N6S/c1-9(2)14-8-23-13(6-20-17(23)24-14)12-5-18-7-15(22-12)21-11-3-10-4-19-16(10)11/h5-11,16,19H,3-4H2,1-2H3,(H,21,22). The number of nitrogens with zero attached hydrogens (tertiary/aromatic N) is 4. The molecule has 1 aliphatic heterocycles. The van der Waals surface area contributed by atoms with Gasteiger partial charge in [0.05, 0.1) is 24.3 Å². The van der Waals surface area contributed by atoms with Crippen LogP contribution in [0, 0.1) is 5.92 Å². The Morgan fingerprint density at radius 3 is 2.96 bits per heavy atom. The van der Waals surface area contributed by atoms with Gasteiger partial charge in [0, 0.05) is 23.2 Å². The molecular weight excluding hydrogens is 320 g/mol. The van der Waals surface area contributed by atoms with Crippen LogP contribution >= 0.6 is 11.3 Å². The van der Waals surface area contributed by atoms with Crippen LogP contribution in [0.1, 0.15) is 31.1 Å². The van der Waals surface area contributed by atoms with Crippen LogP contribution < -0.4 is 10.6 Å². The summed E-state index contributed by atoms with van der Waals surface area (Å²) in [4.78, 5) is 16.0. The predicted octanol–water partition coefficient (Wildman–Crippen LogP) is 2.75. The fourth-order valence-electron chi connectivity index (χ4n) is 3.56. The lowest BCUT2D eigenvalue weighted by Gasteiger charge is -2.53. The molecule has 5 rings (SSSR count). The van der Waals surface area contributed by atoms with E-state index in [0.29, 0.717) is 18.0 Å². The first-order valence-corrected chi connectivity index (χ1v) is 9.30. The van der Waals surface area contributed by atoms with E-state index < -0.39 is 0 Å². The maximum Gasteiger partial charge on any atom is 0.194 e. The molecule has 2 aliphatic rings. The third kappa shape index (κ3) is 2.15. The first-order chi connectivity index (χ1) is 11.7. The van der Waals surface area contributed by atoms with Crippen LogP contribution in [0.25, 0.3) is 16.3 Å². The third-order valence-corrected chi connectivity index (χ3v) is 6.44. The number of thiazole rings is 1. The van der Waals surface area contributed by atoms with Crippen molar-refractivity contribution in [2.75, 3.05) is 11.9 Å². The second-order valence-corrected chi connectivity index (χ2v) is 8.10. The lowest BCUT2D eigenvalue weighted by atomic mass is 9.69. The van der Waals surface area contributed by atoms with Crippen molar-refractivity contribution in [3.05, 3.63) is 29.7 Å². The summed E-state index contributed by atoms with van der Waals surface area (Å²) >= 11 is 1.74. The van der Waals surface area contributed by atoms with Gasteiger partial charge in [0.25, 0.3) is 0 Å². The van der Waals surface area contributed by atoms with Gasteiger partial charge >= 0.3 is 0 Å². The van der Waals surface area contributed by atoms with E-state index in [-0.39, 0.29) is 0 Å². The molecule has 1 aliphatic carbocycles. The van der Waals surface area contributed by atoms with E-state index >= 15 is 0 Å². The fraction of sp³-hybridized carbons (Fsp3) is 0.471. The summed E-state index contributed by atoms with van der Waals surface area (Å²) in [5.74, 6) is 2.21. The summed E-state index contributed by atoms with van der Waals surface area (Å²) in [6.07, 6.45) is 8.90. The molecule has 6 nitrogen and oxygen atoms in total. The van der Waals surface area contributed by atoms with Gasteiger partial charge in [-0.1, -0.05) is 13.8 Å². The number of rotatable bonds is 4. The first-order valence-electron chi connectivity index (χ1n) is 8.48. The summed E-state index contributed by atoms with van der Waals surface area (Å²) in [6, 6.07) is 1.09. The molecule has 0 spiro atoms. The van der Waals surface area contributed by atoms with Crippen LogP contribution in [0.5, 0.6) is 0 Å². The van der Waals surface area contributed by atoms with E-state index in [1.165, 1.54) is 17.8 Å². The summed E-state index contributed by atoms with van der Waals surface area (Å²) in [5, 5.41) is 6.99. The molecule has 1 saturated carbocycles. The van der Waals surface area contributed by atoms with Crippen LogP contribution in [-0.4, -0.2) is 38.0 Å². The van der Waals surface area contributed by atoms with Crippen LogP contribution in [-0.2, 0) is 0 Å². The molecule has 24 heavy (non-hydrogen) atoms. The lowest BCUT2D eigenvalue weighted by Crippen LogP contribution is -2.70. The Kier molecular flexibility index (Phi) is 3.14. The van der Waals surface area contributed by atoms with E-state index in [1.54, 1.807) is 17.5 Å².